The Labute approximate surface area is 187 Å². The Morgan fingerprint density at radius 1 is 1.03 bits per heavy atom. The van der Waals surface area contributed by atoms with Crippen molar-refractivity contribution in [2.75, 3.05) is 0 Å². The molecule has 0 amide bonds. The molecule has 1 aliphatic rings. The second-order valence-corrected chi connectivity index (χ2v) is 8.70. The molecule has 5 nitrogen and oxygen atoms in total. The molecule has 2 aromatic carbocycles. The van der Waals surface area contributed by atoms with Gasteiger partial charge in [-0.1, -0.05) is 43.3 Å². The smallest absolute Gasteiger partial charge is 0.293 e. The fraction of sp³-hybridized carbons (Fsp3) is 0.296. The molecule has 162 valence electrons. The Morgan fingerprint density at radius 3 is 2.53 bits per heavy atom. The number of pyridine rings is 1. The molecule has 0 saturated carbocycles. The van der Waals surface area contributed by atoms with Gasteiger partial charge in [0.05, 0.1) is 6.54 Å². The van der Waals surface area contributed by atoms with E-state index in [0.717, 1.165) is 46.6 Å². The monoisotopic (exact) mass is 425 g/mol. The Kier molecular flexibility index (Phi) is 5.04. The number of ether oxygens (including phenoxy) is 1. The zero-order chi connectivity index (χ0) is 22.3. The molecule has 2 aromatic heterocycles. The standard InChI is InChI=1S/C27H27N3O2/c1-4-24-29-25-18(2)13-19(3)28-26(25)30(24)16-20-7-8-22-15-23(10-9-21(22)14-20)27(32-17-31)11-5-6-12-27/h5-10,13-15,17H,4,11-12,16H2,1-3H3. The van der Waals surface area contributed by atoms with Crippen LogP contribution >= 0.6 is 0 Å². The average Bonchev–Trinajstić information content (AvgIpc) is 3.40. The molecule has 0 atom stereocenters. The number of rotatable bonds is 6. The first-order valence-corrected chi connectivity index (χ1v) is 11.2. The fourth-order valence-electron chi connectivity index (χ4n) is 4.87. The van der Waals surface area contributed by atoms with Crippen LogP contribution in [0.1, 0.15) is 48.0 Å². The summed E-state index contributed by atoms with van der Waals surface area (Å²) in [5.74, 6) is 1.05. The van der Waals surface area contributed by atoms with E-state index in [4.69, 9.17) is 14.7 Å². The number of carbonyl (C=O) groups is 1. The number of aryl methyl sites for hydroxylation is 3. The van der Waals surface area contributed by atoms with Crippen molar-refractivity contribution in [2.24, 2.45) is 0 Å². The average molecular weight is 426 g/mol. The van der Waals surface area contributed by atoms with E-state index in [1.807, 2.05) is 6.92 Å². The van der Waals surface area contributed by atoms with Gasteiger partial charge in [0.2, 0.25) is 0 Å². The second-order valence-electron chi connectivity index (χ2n) is 8.70. The molecular weight excluding hydrogens is 398 g/mol. The number of hydrogen-bond acceptors (Lipinski definition) is 4. The van der Waals surface area contributed by atoms with Crippen LogP contribution in [0.5, 0.6) is 0 Å². The topological polar surface area (TPSA) is 57.0 Å². The van der Waals surface area contributed by atoms with E-state index in [1.165, 1.54) is 16.5 Å². The highest BCUT2D eigenvalue weighted by molar-refractivity contribution is 5.84. The van der Waals surface area contributed by atoms with Gasteiger partial charge in [-0.15, -0.1) is 0 Å². The third kappa shape index (κ3) is 3.38. The van der Waals surface area contributed by atoms with Gasteiger partial charge in [-0.05, 0) is 59.5 Å². The number of nitrogens with zero attached hydrogens (tertiary/aromatic N) is 3. The van der Waals surface area contributed by atoms with Gasteiger partial charge in [-0.25, -0.2) is 9.97 Å². The molecule has 0 bridgehead atoms. The van der Waals surface area contributed by atoms with Crippen LogP contribution < -0.4 is 0 Å². The van der Waals surface area contributed by atoms with E-state index in [1.54, 1.807) is 0 Å². The highest BCUT2D eigenvalue weighted by Crippen LogP contribution is 2.39. The number of aromatic nitrogens is 3. The summed E-state index contributed by atoms with van der Waals surface area (Å²) in [6, 6.07) is 15.0. The summed E-state index contributed by atoms with van der Waals surface area (Å²) in [4.78, 5) is 20.8. The van der Waals surface area contributed by atoms with Crippen molar-refractivity contribution in [1.82, 2.24) is 14.5 Å². The number of fused-ring (bicyclic) bond motifs is 2. The number of imidazole rings is 1. The molecule has 0 radical (unpaired) electrons. The van der Waals surface area contributed by atoms with Crippen LogP contribution in [-0.4, -0.2) is 21.0 Å². The van der Waals surface area contributed by atoms with E-state index in [9.17, 15) is 4.79 Å². The van der Waals surface area contributed by atoms with Crippen LogP contribution in [-0.2, 0) is 28.1 Å². The van der Waals surface area contributed by atoms with Crippen molar-refractivity contribution >= 4 is 28.4 Å². The summed E-state index contributed by atoms with van der Waals surface area (Å²) < 4.78 is 7.78. The Bertz CT molecular complexity index is 1360. The minimum Gasteiger partial charge on any atom is -0.456 e. The van der Waals surface area contributed by atoms with Crippen molar-refractivity contribution in [3.63, 3.8) is 0 Å². The quantitative estimate of drug-likeness (QED) is 0.301. The third-order valence-corrected chi connectivity index (χ3v) is 6.52. The molecule has 5 heteroatoms. The lowest BCUT2D eigenvalue weighted by Gasteiger charge is -2.27. The third-order valence-electron chi connectivity index (χ3n) is 6.52. The summed E-state index contributed by atoms with van der Waals surface area (Å²) in [6.07, 6.45) is 6.45. The molecule has 0 N–H and O–H groups in total. The predicted molar refractivity (Wildman–Crippen MR) is 127 cm³/mol. The maximum Gasteiger partial charge on any atom is 0.293 e. The first kappa shape index (κ1) is 20.4. The molecule has 0 fully saturated rings. The molecule has 0 aliphatic heterocycles. The van der Waals surface area contributed by atoms with Gasteiger partial charge in [0.25, 0.3) is 6.47 Å². The van der Waals surface area contributed by atoms with E-state index < -0.39 is 5.60 Å². The van der Waals surface area contributed by atoms with Gasteiger partial charge >= 0.3 is 0 Å². The first-order valence-electron chi connectivity index (χ1n) is 11.2. The fourth-order valence-corrected chi connectivity index (χ4v) is 4.87. The molecule has 4 aromatic rings. The summed E-state index contributed by atoms with van der Waals surface area (Å²) in [7, 11) is 0. The van der Waals surface area contributed by atoms with Gasteiger partial charge in [-0.3, -0.25) is 4.79 Å². The Balaban J connectivity index is 1.52. The Morgan fingerprint density at radius 2 is 1.78 bits per heavy atom. The van der Waals surface area contributed by atoms with Crippen molar-refractivity contribution < 1.29 is 9.53 Å². The largest absolute Gasteiger partial charge is 0.456 e. The van der Waals surface area contributed by atoms with Crippen LogP contribution in [0.25, 0.3) is 21.9 Å². The van der Waals surface area contributed by atoms with Crippen molar-refractivity contribution in [3.8, 4) is 0 Å². The van der Waals surface area contributed by atoms with Crippen molar-refractivity contribution in [2.45, 2.75) is 52.2 Å². The highest BCUT2D eigenvalue weighted by atomic mass is 16.5. The van der Waals surface area contributed by atoms with Gasteiger partial charge < -0.3 is 9.30 Å². The molecule has 0 saturated heterocycles. The van der Waals surface area contributed by atoms with Crippen molar-refractivity contribution in [3.05, 3.63) is 82.8 Å². The number of hydrogen-bond donors (Lipinski definition) is 0. The maximum absolute atomic E-state index is 11.1. The molecular formula is C27H27N3O2. The van der Waals surface area contributed by atoms with Crippen LogP contribution in [0.3, 0.4) is 0 Å². The lowest BCUT2D eigenvalue weighted by atomic mass is 9.89. The summed E-state index contributed by atoms with van der Waals surface area (Å²) >= 11 is 0. The Hall–Kier alpha value is -3.47. The molecule has 32 heavy (non-hydrogen) atoms. The molecule has 2 heterocycles. The summed E-state index contributed by atoms with van der Waals surface area (Å²) in [5.41, 5.74) is 5.81. The van der Waals surface area contributed by atoms with Gasteiger partial charge in [0.15, 0.2) is 5.65 Å². The van der Waals surface area contributed by atoms with Crippen LogP contribution in [0, 0.1) is 13.8 Å². The zero-order valence-electron chi connectivity index (χ0n) is 18.8. The van der Waals surface area contributed by atoms with Crippen LogP contribution in [0.2, 0.25) is 0 Å². The number of benzene rings is 2. The second kappa shape index (κ2) is 7.90. The first-order chi connectivity index (χ1) is 15.5. The normalized spacial score (nSPS) is 15.0. The highest BCUT2D eigenvalue weighted by Gasteiger charge is 2.35. The van der Waals surface area contributed by atoms with E-state index in [0.29, 0.717) is 19.3 Å². The predicted octanol–water partition coefficient (Wildman–Crippen LogP) is 5.53. The van der Waals surface area contributed by atoms with Gasteiger partial charge in [0, 0.05) is 25.0 Å². The lowest BCUT2D eigenvalue weighted by molar-refractivity contribution is -0.143. The van der Waals surface area contributed by atoms with E-state index >= 15 is 0 Å². The van der Waals surface area contributed by atoms with E-state index in [-0.39, 0.29) is 0 Å². The van der Waals surface area contributed by atoms with Gasteiger partial charge in [-0.2, -0.15) is 0 Å². The molecule has 5 rings (SSSR count). The molecule has 0 unspecified atom stereocenters. The minimum absolute atomic E-state index is 0.568. The number of carbonyl (C=O) groups excluding carboxylic acids is 1. The SMILES string of the molecule is CCc1nc2c(C)cc(C)nc2n1Cc1ccc2cc(C3(OC=O)CC=CC3)ccc2c1. The summed E-state index contributed by atoms with van der Waals surface area (Å²) in [5, 5.41) is 2.31. The molecule has 1 aliphatic carbocycles. The molecule has 0 spiro atoms. The van der Waals surface area contributed by atoms with Crippen molar-refractivity contribution in [1.29, 1.82) is 0 Å². The minimum atomic E-state index is -0.568. The lowest BCUT2D eigenvalue weighted by Crippen LogP contribution is -2.25. The zero-order valence-corrected chi connectivity index (χ0v) is 18.8. The van der Waals surface area contributed by atoms with Crippen LogP contribution in [0.4, 0.5) is 0 Å². The maximum atomic E-state index is 11.1. The van der Waals surface area contributed by atoms with Crippen LogP contribution in [0.15, 0.2) is 54.6 Å². The van der Waals surface area contributed by atoms with Gasteiger partial charge in [0.1, 0.15) is 16.9 Å². The van der Waals surface area contributed by atoms with E-state index in [2.05, 4.69) is 73.0 Å². The summed E-state index contributed by atoms with van der Waals surface area (Å²) in [6.45, 7) is 7.57.